The van der Waals surface area contributed by atoms with E-state index < -0.39 is 22.7 Å². The average molecular weight is 583 g/mol. The Labute approximate surface area is 250 Å². The summed E-state index contributed by atoms with van der Waals surface area (Å²) in [5, 5.41) is 12.3. The van der Waals surface area contributed by atoms with Crippen molar-refractivity contribution in [3.05, 3.63) is 94.7 Å². The standard InChI is InChI=1S/C33H34N4O4S/c1-20-11-14-23(15-12-20)28-21(2)29(31(38)36-24-9-8-10-25(18-24)42(39)35-6)32(37-30(28)33(3,4)5)41-26-16-13-22(19-34)17-27(26)40-7/h8-18,35H,1-7H3,(H,36,38)/t42-/m1/s1. The Morgan fingerprint density at radius 2 is 1.74 bits per heavy atom. The van der Waals surface area contributed by atoms with Crippen molar-refractivity contribution in [3.8, 4) is 34.6 Å². The van der Waals surface area contributed by atoms with Crippen molar-refractivity contribution < 1.29 is 18.8 Å². The zero-order valence-corrected chi connectivity index (χ0v) is 25.6. The zero-order chi connectivity index (χ0) is 30.6. The maximum absolute atomic E-state index is 14.1. The number of hydrogen-bond acceptors (Lipinski definition) is 7. The summed E-state index contributed by atoms with van der Waals surface area (Å²) in [4.78, 5) is 19.6. The van der Waals surface area contributed by atoms with Crippen molar-refractivity contribution in [1.82, 2.24) is 9.71 Å². The Balaban J connectivity index is 1.94. The Kier molecular flexibility index (Phi) is 9.22. The fraction of sp³-hybridized carbons (Fsp3) is 0.242. The lowest BCUT2D eigenvalue weighted by atomic mass is 9.83. The third-order valence-electron chi connectivity index (χ3n) is 6.68. The third-order valence-corrected chi connectivity index (χ3v) is 7.74. The smallest absolute Gasteiger partial charge is 0.261 e. The topological polar surface area (TPSA) is 119 Å². The summed E-state index contributed by atoms with van der Waals surface area (Å²) in [5.41, 5.74) is 5.05. The number of aryl methyl sites for hydroxylation is 1. The van der Waals surface area contributed by atoms with E-state index in [0.717, 1.165) is 22.4 Å². The first-order valence-electron chi connectivity index (χ1n) is 13.4. The van der Waals surface area contributed by atoms with Crippen LogP contribution in [0.2, 0.25) is 0 Å². The van der Waals surface area contributed by atoms with Crippen LogP contribution in [0.25, 0.3) is 11.1 Å². The van der Waals surface area contributed by atoms with E-state index in [1.165, 1.54) is 7.11 Å². The molecule has 0 aliphatic carbocycles. The van der Waals surface area contributed by atoms with Crippen LogP contribution >= 0.6 is 0 Å². The van der Waals surface area contributed by atoms with Crippen molar-refractivity contribution in [3.63, 3.8) is 0 Å². The Bertz CT molecular complexity index is 1660. The number of ether oxygens (including phenoxy) is 2. The number of carbonyl (C=O) groups excluding carboxylic acids is 1. The maximum Gasteiger partial charge on any atom is 0.261 e. The molecule has 4 aromatic rings. The van der Waals surface area contributed by atoms with E-state index in [0.29, 0.717) is 33.2 Å². The number of nitrogens with one attached hydrogen (secondary N) is 2. The number of nitrogens with zero attached hydrogens (tertiary/aromatic N) is 2. The number of pyridine rings is 1. The van der Waals surface area contributed by atoms with Gasteiger partial charge in [-0.1, -0.05) is 56.7 Å². The summed E-state index contributed by atoms with van der Waals surface area (Å²) in [6, 6.07) is 21.8. The van der Waals surface area contributed by atoms with Gasteiger partial charge in [-0.3, -0.25) is 4.79 Å². The van der Waals surface area contributed by atoms with Gasteiger partial charge in [-0.05, 0) is 49.2 Å². The molecule has 0 radical (unpaired) electrons. The molecule has 0 bridgehead atoms. The van der Waals surface area contributed by atoms with Crippen LogP contribution in [0.4, 0.5) is 5.69 Å². The molecule has 216 valence electrons. The van der Waals surface area contributed by atoms with Gasteiger partial charge in [-0.15, -0.1) is 4.72 Å². The van der Waals surface area contributed by atoms with Crippen LogP contribution in [-0.4, -0.2) is 29.6 Å². The van der Waals surface area contributed by atoms with Crippen molar-refractivity contribution in [2.75, 3.05) is 19.5 Å². The molecule has 1 amide bonds. The van der Waals surface area contributed by atoms with Gasteiger partial charge in [0.25, 0.3) is 5.91 Å². The average Bonchev–Trinajstić information content (AvgIpc) is 2.97. The van der Waals surface area contributed by atoms with Crippen molar-refractivity contribution >= 4 is 23.0 Å². The number of benzene rings is 3. The molecule has 1 heterocycles. The number of aromatic nitrogens is 1. The van der Waals surface area contributed by atoms with Crippen molar-refractivity contribution in [2.24, 2.45) is 0 Å². The molecule has 42 heavy (non-hydrogen) atoms. The molecule has 4 rings (SSSR count). The molecule has 1 atom stereocenters. The molecule has 9 heteroatoms. The summed E-state index contributed by atoms with van der Waals surface area (Å²) in [5.74, 6) is 0.307. The van der Waals surface area contributed by atoms with Crippen LogP contribution in [0.5, 0.6) is 17.4 Å². The van der Waals surface area contributed by atoms with Gasteiger partial charge in [0, 0.05) is 35.8 Å². The third kappa shape index (κ3) is 6.58. The zero-order valence-electron chi connectivity index (χ0n) is 24.8. The molecular weight excluding hydrogens is 548 g/mol. The van der Waals surface area contributed by atoms with Gasteiger partial charge in [0.15, 0.2) is 16.4 Å². The van der Waals surface area contributed by atoms with Gasteiger partial charge in [0.2, 0.25) is 5.88 Å². The summed E-state index contributed by atoms with van der Waals surface area (Å²) < 4.78 is 26.9. The van der Waals surface area contributed by atoms with E-state index in [9.17, 15) is 14.6 Å². The molecule has 0 unspecified atom stereocenters. The van der Waals surface area contributed by atoms with Gasteiger partial charge in [0.1, 0.15) is 5.56 Å². The van der Waals surface area contributed by atoms with Crippen molar-refractivity contribution in [1.29, 1.82) is 5.26 Å². The number of carbonyl (C=O) groups is 1. The predicted molar refractivity (Wildman–Crippen MR) is 165 cm³/mol. The quantitative estimate of drug-likeness (QED) is 0.219. The molecule has 0 saturated carbocycles. The highest BCUT2D eigenvalue weighted by atomic mass is 32.2. The molecule has 3 aromatic carbocycles. The highest BCUT2D eigenvalue weighted by molar-refractivity contribution is 7.89. The summed E-state index contributed by atoms with van der Waals surface area (Å²) >= 11 is -1.42. The van der Waals surface area contributed by atoms with E-state index in [2.05, 4.69) is 36.9 Å². The lowest BCUT2D eigenvalue weighted by molar-refractivity contribution is 0.102. The van der Waals surface area contributed by atoms with Crippen LogP contribution in [0, 0.1) is 25.2 Å². The van der Waals surface area contributed by atoms with Crippen LogP contribution in [0.1, 0.15) is 53.5 Å². The molecule has 0 fully saturated rings. The van der Waals surface area contributed by atoms with Gasteiger partial charge >= 0.3 is 0 Å². The van der Waals surface area contributed by atoms with Crippen LogP contribution in [0.3, 0.4) is 0 Å². The lowest BCUT2D eigenvalue weighted by Crippen LogP contribution is -2.22. The van der Waals surface area contributed by atoms with Gasteiger partial charge in [-0.25, -0.2) is 4.98 Å². The highest BCUT2D eigenvalue weighted by Crippen LogP contribution is 2.41. The largest absolute Gasteiger partial charge is 0.593 e. The SMILES string of the molecule is CN[S@+]([O-])c1cccc(NC(=O)c2c(Oc3ccc(C#N)cc3OC)nc(C(C)(C)C)c(-c3ccc(C)cc3)c2C)c1. The first-order valence-corrected chi connectivity index (χ1v) is 14.5. The van der Waals surface area contributed by atoms with Crippen LogP contribution in [-0.2, 0) is 16.8 Å². The van der Waals surface area contributed by atoms with E-state index in [4.69, 9.17) is 14.5 Å². The highest BCUT2D eigenvalue weighted by Gasteiger charge is 2.30. The monoisotopic (exact) mass is 582 g/mol. The predicted octanol–water partition coefficient (Wildman–Crippen LogP) is 6.83. The Morgan fingerprint density at radius 1 is 1.02 bits per heavy atom. The molecule has 0 aliphatic heterocycles. The van der Waals surface area contributed by atoms with Gasteiger partial charge < -0.3 is 19.3 Å². The molecule has 1 aromatic heterocycles. The molecule has 8 nitrogen and oxygen atoms in total. The second-order valence-corrected chi connectivity index (χ2v) is 12.2. The lowest BCUT2D eigenvalue weighted by Gasteiger charge is -2.26. The maximum atomic E-state index is 14.1. The molecule has 0 spiro atoms. The second kappa shape index (κ2) is 12.7. The van der Waals surface area contributed by atoms with E-state index in [-0.39, 0.29) is 11.4 Å². The minimum atomic E-state index is -1.42. The van der Waals surface area contributed by atoms with E-state index >= 15 is 0 Å². The van der Waals surface area contributed by atoms with E-state index in [1.807, 2.05) is 38.1 Å². The fourth-order valence-electron chi connectivity index (χ4n) is 4.56. The van der Waals surface area contributed by atoms with Crippen molar-refractivity contribution in [2.45, 2.75) is 44.9 Å². The number of amides is 1. The van der Waals surface area contributed by atoms with Crippen LogP contribution in [0.15, 0.2) is 71.6 Å². The molecule has 0 saturated heterocycles. The van der Waals surface area contributed by atoms with E-state index in [1.54, 1.807) is 49.5 Å². The molecule has 2 N–H and O–H groups in total. The van der Waals surface area contributed by atoms with Gasteiger partial charge in [-0.2, -0.15) is 5.26 Å². The van der Waals surface area contributed by atoms with Crippen LogP contribution < -0.4 is 19.5 Å². The number of rotatable bonds is 8. The van der Waals surface area contributed by atoms with Gasteiger partial charge in [0.05, 0.1) is 35.8 Å². The molecule has 0 aliphatic rings. The fourth-order valence-corrected chi connectivity index (χ4v) is 5.23. The Morgan fingerprint density at radius 3 is 2.36 bits per heavy atom. The minimum Gasteiger partial charge on any atom is -0.593 e. The number of anilines is 1. The minimum absolute atomic E-state index is 0.101. The first kappa shape index (κ1) is 30.6. The number of methoxy groups -OCH3 is 1. The normalized spacial score (nSPS) is 11.9. The number of hydrogen-bond donors (Lipinski definition) is 2. The first-order chi connectivity index (χ1) is 20.0. The molecular formula is C33H34N4O4S. The second-order valence-electron chi connectivity index (χ2n) is 10.8. The Hall–Kier alpha value is -4.36. The number of nitriles is 1. The summed E-state index contributed by atoms with van der Waals surface area (Å²) in [6.45, 7) is 10.1. The summed E-state index contributed by atoms with van der Waals surface area (Å²) in [6.07, 6.45) is 0. The summed E-state index contributed by atoms with van der Waals surface area (Å²) in [7, 11) is 3.08.